The van der Waals surface area contributed by atoms with E-state index in [4.69, 9.17) is 4.74 Å². The van der Waals surface area contributed by atoms with Crippen molar-refractivity contribution >= 4 is 32.4 Å². The fourth-order valence-corrected chi connectivity index (χ4v) is 6.49. The molecule has 0 saturated carbocycles. The summed E-state index contributed by atoms with van der Waals surface area (Å²) in [6.07, 6.45) is 2.00. The topological polar surface area (TPSA) is 91.8 Å². The Balaban J connectivity index is 1.51. The molecule has 4 rings (SSSR count). The van der Waals surface area contributed by atoms with Gasteiger partial charge in [0.2, 0.25) is 15.9 Å². The van der Waals surface area contributed by atoms with Gasteiger partial charge in [0.15, 0.2) is 5.13 Å². The zero-order chi connectivity index (χ0) is 20.6. The number of anilines is 1. The van der Waals surface area contributed by atoms with Gasteiger partial charge in [-0.3, -0.25) is 4.79 Å². The summed E-state index contributed by atoms with van der Waals surface area (Å²) in [5.41, 5.74) is 1.03. The summed E-state index contributed by atoms with van der Waals surface area (Å²) in [6, 6.07) is 5.50. The largest absolute Gasteiger partial charge is 0.497 e. The Morgan fingerprint density at radius 3 is 2.76 bits per heavy atom. The highest BCUT2D eigenvalue weighted by atomic mass is 32.2. The fraction of sp³-hybridized carbons (Fsp3) is 0.474. The molecule has 1 aromatic heterocycles. The number of likely N-dealkylation sites (N-methyl/N-ethyl adjacent to an activating group) is 1. The number of carbonyl (C=O) groups is 1. The number of aromatic nitrogens is 1. The van der Waals surface area contributed by atoms with E-state index in [9.17, 15) is 13.2 Å². The van der Waals surface area contributed by atoms with Gasteiger partial charge >= 0.3 is 0 Å². The number of nitrogens with one attached hydrogen (secondary N) is 1. The van der Waals surface area contributed by atoms with Gasteiger partial charge in [-0.25, -0.2) is 13.4 Å². The summed E-state index contributed by atoms with van der Waals surface area (Å²) < 4.78 is 32.6. The number of ether oxygens (including phenoxy) is 1. The maximum absolute atomic E-state index is 13.1. The van der Waals surface area contributed by atoms with E-state index in [2.05, 4.69) is 22.2 Å². The van der Waals surface area contributed by atoms with E-state index in [0.717, 1.165) is 30.1 Å². The first-order valence-electron chi connectivity index (χ1n) is 9.52. The van der Waals surface area contributed by atoms with Crippen molar-refractivity contribution in [2.75, 3.05) is 32.6 Å². The Bertz CT molecular complexity index is 1000. The summed E-state index contributed by atoms with van der Waals surface area (Å²) in [7, 11) is -0.183. The lowest BCUT2D eigenvalue weighted by molar-refractivity contribution is -0.119. The van der Waals surface area contributed by atoms with Crippen LogP contribution in [-0.4, -0.2) is 61.8 Å². The number of thiazole rings is 1. The van der Waals surface area contributed by atoms with Crippen molar-refractivity contribution in [3.8, 4) is 5.75 Å². The molecule has 8 nitrogen and oxygen atoms in total. The minimum Gasteiger partial charge on any atom is -0.497 e. The van der Waals surface area contributed by atoms with Gasteiger partial charge in [0.05, 0.1) is 17.7 Å². The van der Waals surface area contributed by atoms with Gasteiger partial charge in [0.25, 0.3) is 0 Å². The molecule has 3 heterocycles. The standard InChI is InChI=1S/C19H24N4O4S2/c1-22-11-9-15-17(12-22)28-19(20-15)21-18(24)16-4-3-10-23(16)29(25,26)14-7-5-13(27-2)6-8-14/h5-8,16H,3-4,9-12H2,1-2H3,(H,20,21,24). The number of rotatable bonds is 5. The molecular weight excluding hydrogens is 412 g/mol. The van der Waals surface area contributed by atoms with Crippen molar-refractivity contribution in [2.24, 2.45) is 0 Å². The number of benzene rings is 1. The number of carbonyl (C=O) groups excluding carboxylic acids is 1. The summed E-state index contributed by atoms with van der Waals surface area (Å²) in [6.45, 7) is 2.09. The Labute approximate surface area is 174 Å². The van der Waals surface area contributed by atoms with Crippen LogP contribution in [0.2, 0.25) is 0 Å². The molecule has 1 amide bonds. The van der Waals surface area contributed by atoms with Gasteiger partial charge in [0.1, 0.15) is 11.8 Å². The fourth-order valence-electron chi connectivity index (χ4n) is 3.74. The lowest BCUT2D eigenvalue weighted by Crippen LogP contribution is -2.43. The van der Waals surface area contributed by atoms with E-state index in [1.165, 1.54) is 34.9 Å². The number of fused-ring (bicyclic) bond motifs is 1. The highest BCUT2D eigenvalue weighted by Crippen LogP contribution is 2.30. The van der Waals surface area contributed by atoms with E-state index in [1.807, 2.05) is 0 Å². The molecule has 1 aromatic carbocycles. The van der Waals surface area contributed by atoms with Crippen LogP contribution in [0.25, 0.3) is 0 Å². The molecule has 1 saturated heterocycles. The minimum absolute atomic E-state index is 0.158. The van der Waals surface area contributed by atoms with E-state index in [1.54, 1.807) is 12.1 Å². The first-order chi connectivity index (χ1) is 13.9. The molecule has 10 heteroatoms. The van der Waals surface area contributed by atoms with Crippen molar-refractivity contribution in [2.45, 2.75) is 36.7 Å². The van der Waals surface area contributed by atoms with Gasteiger partial charge in [-0.1, -0.05) is 0 Å². The van der Waals surface area contributed by atoms with Crippen molar-refractivity contribution in [3.05, 3.63) is 34.8 Å². The van der Waals surface area contributed by atoms with Crippen LogP contribution >= 0.6 is 11.3 Å². The third kappa shape index (κ3) is 4.02. The molecule has 2 aromatic rings. The van der Waals surface area contributed by atoms with Crippen molar-refractivity contribution < 1.29 is 17.9 Å². The normalized spacial score (nSPS) is 20.4. The lowest BCUT2D eigenvalue weighted by atomic mass is 10.2. The number of amides is 1. The molecule has 1 atom stereocenters. The summed E-state index contributed by atoms with van der Waals surface area (Å²) in [5.74, 6) is 0.261. The number of methoxy groups -OCH3 is 1. The van der Waals surface area contributed by atoms with Gasteiger partial charge in [0, 0.05) is 30.9 Å². The zero-order valence-electron chi connectivity index (χ0n) is 16.4. The maximum atomic E-state index is 13.1. The molecule has 1 N–H and O–H groups in total. The van der Waals surface area contributed by atoms with Gasteiger partial charge < -0.3 is 15.0 Å². The molecule has 2 aliphatic rings. The predicted octanol–water partition coefficient (Wildman–Crippen LogP) is 1.93. The smallest absolute Gasteiger partial charge is 0.244 e. The second-order valence-corrected chi connectivity index (χ2v) is 10.3. The Kier molecular flexibility index (Phi) is 5.60. The van der Waals surface area contributed by atoms with Gasteiger partial charge in [-0.15, -0.1) is 11.3 Å². The highest BCUT2D eigenvalue weighted by Gasteiger charge is 2.39. The maximum Gasteiger partial charge on any atom is 0.244 e. The minimum atomic E-state index is -3.77. The SMILES string of the molecule is COc1ccc(S(=O)(=O)N2CCCC2C(=O)Nc2nc3c(s2)CN(C)CC3)cc1. The van der Waals surface area contributed by atoms with Gasteiger partial charge in [-0.2, -0.15) is 4.31 Å². The van der Waals surface area contributed by atoms with Crippen LogP contribution in [0.5, 0.6) is 5.75 Å². The number of hydrogen-bond donors (Lipinski definition) is 1. The van der Waals surface area contributed by atoms with Crippen LogP contribution in [0, 0.1) is 0 Å². The second-order valence-electron chi connectivity index (χ2n) is 7.32. The number of nitrogens with zero attached hydrogens (tertiary/aromatic N) is 3. The van der Waals surface area contributed by atoms with Crippen LogP contribution in [0.15, 0.2) is 29.2 Å². The van der Waals surface area contributed by atoms with Crippen molar-refractivity contribution in [1.82, 2.24) is 14.2 Å². The Morgan fingerprint density at radius 1 is 1.28 bits per heavy atom. The summed E-state index contributed by atoms with van der Waals surface area (Å²) >= 11 is 1.47. The van der Waals surface area contributed by atoms with Crippen LogP contribution in [0.4, 0.5) is 5.13 Å². The third-order valence-corrected chi connectivity index (χ3v) is 8.24. The predicted molar refractivity (Wildman–Crippen MR) is 111 cm³/mol. The average molecular weight is 437 g/mol. The molecule has 2 aliphatic heterocycles. The van der Waals surface area contributed by atoms with E-state index in [0.29, 0.717) is 30.3 Å². The molecule has 0 bridgehead atoms. The van der Waals surface area contributed by atoms with E-state index < -0.39 is 16.1 Å². The van der Waals surface area contributed by atoms with Crippen molar-refractivity contribution in [1.29, 1.82) is 0 Å². The molecular formula is C19H24N4O4S2. The van der Waals surface area contributed by atoms with Gasteiger partial charge in [-0.05, 0) is 44.2 Å². The highest BCUT2D eigenvalue weighted by molar-refractivity contribution is 7.89. The van der Waals surface area contributed by atoms with Crippen LogP contribution in [-0.2, 0) is 27.8 Å². The first-order valence-corrected chi connectivity index (χ1v) is 11.8. The molecule has 1 unspecified atom stereocenters. The quantitative estimate of drug-likeness (QED) is 0.770. The van der Waals surface area contributed by atoms with E-state index >= 15 is 0 Å². The third-order valence-electron chi connectivity index (χ3n) is 5.32. The molecule has 156 valence electrons. The number of hydrogen-bond acceptors (Lipinski definition) is 7. The zero-order valence-corrected chi connectivity index (χ0v) is 18.1. The van der Waals surface area contributed by atoms with Crippen molar-refractivity contribution in [3.63, 3.8) is 0 Å². The molecule has 1 fully saturated rings. The average Bonchev–Trinajstić information content (AvgIpc) is 3.34. The van der Waals surface area contributed by atoms with Crippen LogP contribution < -0.4 is 10.1 Å². The molecule has 29 heavy (non-hydrogen) atoms. The molecule has 0 spiro atoms. The molecule has 0 radical (unpaired) electrons. The number of sulfonamides is 1. The molecule has 0 aliphatic carbocycles. The first kappa shape index (κ1) is 20.3. The second kappa shape index (κ2) is 8.02. The summed E-state index contributed by atoms with van der Waals surface area (Å²) in [4.78, 5) is 21.0. The Morgan fingerprint density at radius 2 is 2.03 bits per heavy atom. The van der Waals surface area contributed by atoms with Crippen LogP contribution in [0.1, 0.15) is 23.4 Å². The summed E-state index contributed by atoms with van der Waals surface area (Å²) in [5, 5.41) is 3.40. The monoisotopic (exact) mass is 436 g/mol. The van der Waals surface area contributed by atoms with E-state index in [-0.39, 0.29) is 10.8 Å². The Hall–Kier alpha value is -2.01. The lowest BCUT2D eigenvalue weighted by Gasteiger charge is -2.23. The van der Waals surface area contributed by atoms with Crippen LogP contribution in [0.3, 0.4) is 0 Å².